The van der Waals surface area contributed by atoms with E-state index < -0.39 is 0 Å². The summed E-state index contributed by atoms with van der Waals surface area (Å²) in [4.78, 5) is 0. The monoisotopic (exact) mass is 235 g/mol. The summed E-state index contributed by atoms with van der Waals surface area (Å²) in [5.74, 6) is 0.790. The number of nitrogen functional groups attached to an aromatic ring is 1. The maximum absolute atomic E-state index is 8.95. The fourth-order valence-corrected chi connectivity index (χ4v) is 1.46. The highest BCUT2D eigenvalue weighted by atomic mass is 16.5. The molecule has 0 bridgehead atoms. The van der Waals surface area contributed by atoms with E-state index in [4.69, 9.17) is 21.0 Å². The van der Waals surface area contributed by atoms with E-state index in [1.54, 1.807) is 42.5 Å². The van der Waals surface area contributed by atoms with Crippen LogP contribution in [0.2, 0.25) is 0 Å². The van der Waals surface area contributed by atoms with Crippen molar-refractivity contribution >= 4 is 5.69 Å². The second-order valence-electron chi connectivity index (χ2n) is 3.57. The maximum Gasteiger partial charge on any atom is 0.151 e. The molecule has 2 N–H and O–H groups in total. The lowest BCUT2D eigenvalue weighted by atomic mass is 10.2. The Balaban J connectivity index is 2.41. The minimum atomic E-state index is 0.372. The Labute approximate surface area is 104 Å². The van der Waals surface area contributed by atoms with Crippen LogP contribution in [0.3, 0.4) is 0 Å². The van der Waals surface area contributed by atoms with E-state index in [1.165, 1.54) is 0 Å². The van der Waals surface area contributed by atoms with E-state index in [0.717, 1.165) is 0 Å². The number of nitriles is 2. The van der Waals surface area contributed by atoms with E-state index >= 15 is 0 Å². The number of nitrogens with zero attached hydrogens (tertiary/aromatic N) is 2. The summed E-state index contributed by atoms with van der Waals surface area (Å²) in [5, 5.41) is 17.8. The van der Waals surface area contributed by atoms with Gasteiger partial charge >= 0.3 is 0 Å². The number of hydrogen-bond acceptors (Lipinski definition) is 4. The molecule has 86 valence electrons. The first-order valence-corrected chi connectivity index (χ1v) is 5.21. The molecule has 2 rings (SSSR count). The minimum Gasteiger partial charge on any atom is -0.454 e. The molecule has 0 aliphatic rings. The van der Waals surface area contributed by atoms with Gasteiger partial charge in [0.1, 0.15) is 11.8 Å². The van der Waals surface area contributed by atoms with E-state index in [1.807, 2.05) is 12.1 Å². The molecule has 0 atom stereocenters. The van der Waals surface area contributed by atoms with Crippen LogP contribution in [-0.2, 0) is 0 Å². The van der Waals surface area contributed by atoms with Gasteiger partial charge in [0.2, 0.25) is 0 Å². The number of rotatable bonds is 2. The van der Waals surface area contributed by atoms with Crippen molar-refractivity contribution in [3.8, 4) is 23.6 Å². The lowest BCUT2D eigenvalue weighted by Crippen LogP contribution is -1.94. The smallest absolute Gasteiger partial charge is 0.151 e. The van der Waals surface area contributed by atoms with Crippen LogP contribution >= 0.6 is 0 Å². The molecular formula is C14H9N3O. The van der Waals surface area contributed by atoms with Gasteiger partial charge in [-0.2, -0.15) is 10.5 Å². The number of benzene rings is 2. The highest BCUT2D eigenvalue weighted by Crippen LogP contribution is 2.30. The molecule has 0 amide bonds. The van der Waals surface area contributed by atoms with Crippen molar-refractivity contribution in [3.63, 3.8) is 0 Å². The maximum atomic E-state index is 8.95. The molecule has 0 spiro atoms. The number of para-hydroxylation sites is 1. The first-order chi connectivity index (χ1) is 8.74. The molecule has 0 unspecified atom stereocenters. The highest BCUT2D eigenvalue weighted by molar-refractivity contribution is 5.58. The molecule has 4 heteroatoms. The second-order valence-corrected chi connectivity index (χ2v) is 3.57. The van der Waals surface area contributed by atoms with Gasteiger partial charge in [-0.25, -0.2) is 0 Å². The minimum absolute atomic E-state index is 0.372. The fourth-order valence-electron chi connectivity index (χ4n) is 1.46. The molecule has 2 aromatic carbocycles. The topological polar surface area (TPSA) is 82.8 Å². The quantitative estimate of drug-likeness (QED) is 0.811. The number of hydrogen-bond donors (Lipinski definition) is 1. The summed E-state index contributed by atoms with van der Waals surface area (Å²) in [5.41, 5.74) is 7.05. The zero-order chi connectivity index (χ0) is 13.0. The van der Waals surface area contributed by atoms with Crippen molar-refractivity contribution < 1.29 is 4.74 Å². The van der Waals surface area contributed by atoms with Crippen LogP contribution in [0.15, 0.2) is 42.5 Å². The normalized spacial score (nSPS) is 9.22. The Hall–Kier alpha value is -2.98. The predicted octanol–water partition coefficient (Wildman–Crippen LogP) is 2.80. The molecule has 0 aliphatic heterocycles. The zero-order valence-corrected chi connectivity index (χ0v) is 9.42. The van der Waals surface area contributed by atoms with Gasteiger partial charge in [0.05, 0.1) is 22.9 Å². The Kier molecular flexibility index (Phi) is 3.13. The summed E-state index contributed by atoms with van der Waals surface area (Å²) in [7, 11) is 0. The third kappa shape index (κ3) is 2.23. The molecular weight excluding hydrogens is 226 g/mol. The van der Waals surface area contributed by atoms with Crippen LogP contribution in [0.1, 0.15) is 11.1 Å². The number of anilines is 1. The van der Waals surface area contributed by atoms with Crippen LogP contribution in [0, 0.1) is 22.7 Å². The van der Waals surface area contributed by atoms with Crippen LogP contribution in [0.25, 0.3) is 0 Å². The molecule has 0 radical (unpaired) electrons. The van der Waals surface area contributed by atoms with Gasteiger partial charge < -0.3 is 10.5 Å². The molecule has 0 saturated carbocycles. The van der Waals surface area contributed by atoms with Crippen molar-refractivity contribution in [2.24, 2.45) is 0 Å². The average Bonchev–Trinajstić information content (AvgIpc) is 2.42. The molecule has 4 nitrogen and oxygen atoms in total. The van der Waals surface area contributed by atoms with Gasteiger partial charge in [-0.1, -0.05) is 12.1 Å². The second kappa shape index (κ2) is 4.90. The van der Waals surface area contributed by atoms with E-state index in [9.17, 15) is 0 Å². The fraction of sp³-hybridized carbons (Fsp3) is 0. The van der Waals surface area contributed by atoms with E-state index in [0.29, 0.717) is 28.3 Å². The standard InChI is InChI=1S/C14H9N3O/c15-8-10-5-6-12(17)14(7-10)18-13-4-2-1-3-11(13)9-16/h1-7H,17H2. The van der Waals surface area contributed by atoms with Crippen LogP contribution in [0.4, 0.5) is 5.69 Å². The van der Waals surface area contributed by atoms with E-state index in [-0.39, 0.29) is 0 Å². The third-order valence-corrected chi connectivity index (χ3v) is 2.37. The predicted molar refractivity (Wildman–Crippen MR) is 66.8 cm³/mol. The summed E-state index contributed by atoms with van der Waals surface area (Å²) in [6.45, 7) is 0. The van der Waals surface area contributed by atoms with Crippen molar-refractivity contribution in [3.05, 3.63) is 53.6 Å². The molecule has 18 heavy (non-hydrogen) atoms. The SMILES string of the molecule is N#Cc1ccc(N)c(Oc2ccccc2C#N)c1. The first kappa shape index (κ1) is 11.5. The Morgan fingerprint density at radius 1 is 0.944 bits per heavy atom. The average molecular weight is 235 g/mol. The third-order valence-electron chi connectivity index (χ3n) is 2.37. The van der Waals surface area contributed by atoms with Gasteiger partial charge in [0.25, 0.3) is 0 Å². The molecule has 0 fully saturated rings. The van der Waals surface area contributed by atoms with Crippen LogP contribution in [-0.4, -0.2) is 0 Å². The van der Waals surface area contributed by atoms with Gasteiger partial charge in [-0.3, -0.25) is 0 Å². The van der Waals surface area contributed by atoms with Crippen molar-refractivity contribution in [2.45, 2.75) is 0 Å². The van der Waals surface area contributed by atoms with Gasteiger partial charge in [0.15, 0.2) is 5.75 Å². The van der Waals surface area contributed by atoms with Crippen LogP contribution in [0.5, 0.6) is 11.5 Å². The summed E-state index contributed by atoms with van der Waals surface area (Å²) >= 11 is 0. The van der Waals surface area contributed by atoms with Gasteiger partial charge in [-0.05, 0) is 24.3 Å². The highest BCUT2D eigenvalue weighted by Gasteiger charge is 2.07. The Morgan fingerprint density at radius 2 is 1.72 bits per heavy atom. The number of ether oxygens (including phenoxy) is 1. The lowest BCUT2D eigenvalue weighted by molar-refractivity contribution is 0.483. The molecule has 0 aromatic heterocycles. The summed E-state index contributed by atoms with van der Waals surface area (Å²) in [6, 6.07) is 15.6. The largest absolute Gasteiger partial charge is 0.454 e. The van der Waals surface area contributed by atoms with E-state index in [2.05, 4.69) is 0 Å². The van der Waals surface area contributed by atoms with Crippen LogP contribution < -0.4 is 10.5 Å². The van der Waals surface area contributed by atoms with Gasteiger partial charge in [0, 0.05) is 6.07 Å². The molecule has 0 saturated heterocycles. The van der Waals surface area contributed by atoms with Crippen molar-refractivity contribution in [1.82, 2.24) is 0 Å². The molecule has 2 aromatic rings. The number of nitrogens with two attached hydrogens (primary N) is 1. The van der Waals surface area contributed by atoms with Crippen molar-refractivity contribution in [1.29, 1.82) is 10.5 Å². The first-order valence-electron chi connectivity index (χ1n) is 5.21. The van der Waals surface area contributed by atoms with Gasteiger partial charge in [-0.15, -0.1) is 0 Å². The zero-order valence-electron chi connectivity index (χ0n) is 9.42. The Bertz CT molecular complexity index is 665. The molecule has 0 heterocycles. The summed E-state index contributed by atoms with van der Waals surface area (Å²) in [6.07, 6.45) is 0. The Morgan fingerprint density at radius 3 is 2.44 bits per heavy atom. The molecule has 0 aliphatic carbocycles. The lowest BCUT2D eigenvalue weighted by Gasteiger charge is -2.09. The van der Waals surface area contributed by atoms with Crippen molar-refractivity contribution in [2.75, 3.05) is 5.73 Å². The summed E-state index contributed by atoms with van der Waals surface area (Å²) < 4.78 is 5.58.